The topological polar surface area (TPSA) is 55.3 Å². The molecule has 1 saturated heterocycles. The standard InChI is InChI=1S/C18H20BrClFN3O2/c1-18(2,3)26-17(25)24-6-4-5-10(8-24)15-11-7-12(20)13(19)14(21)16(11)23-9-22-15/h7,9-10H,4-6,8H2,1-3H3. The molecule has 1 amide bonds. The highest BCUT2D eigenvalue weighted by Gasteiger charge is 2.30. The fraction of sp³-hybridized carbons (Fsp3) is 0.500. The zero-order valence-corrected chi connectivity index (χ0v) is 17.2. The van der Waals surface area contributed by atoms with E-state index in [4.69, 9.17) is 16.3 Å². The number of fused-ring (bicyclic) bond motifs is 1. The van der Waals surface area contributed by atoms with Gasteiger partial charge in [0.1, 0.15) is 17.4 Å². The molecule has 1 aromatic carbocycles. The summed E-state index contributed by atoms with van der Waals surface area (Å²) in [4.78, 5) is 22.5. The van der Waals surface area contributed by atoms with Crippen LogP contribution in [0.3, 0.4) is 0 Å². The smallest absolute Gasteiger partial charge is 0.410 e. The van der Waals surface area contributed by atoms with E-state index >= 15 is 0 Å². The Morgan fingerprint density at radius 1 is 1.42 bits per heavy atom. The van der Waals surface area contributed by atoms with Crippen LogP contribution in [0.4, 0.5) is 9.18 Å². The maximum atomic E-state index is 14.5. The summed E-state index contributed by atoms with van der Waals surface area (Å²) in [6.07, 6.45) is 2.68. The zero-order chi connectivity index (χ0) is 19.1. The lowest BCUT2D eigenvalue weighted by Gasteiger charge is -2.34. The monoisotopic (exact) mass is 443 g/mol. The van der Waals surface area contributed by atoms with Gasteiger partial charge in [-0.05, 0) is 55.6 Å². The summed E-state index contributed by atoms with van der Waals surface area (Å²) in [5, 5.41) is 0.847. The van der Waals surface area contributed by atoms with Gasteiger partial charge in [0.05, 0.1) is 15.2 Å². The first-order chi connectivity index (χ1) is 12.2. The second-order valence-corrected chi connectivity index (χ2v) is 8.61. The lowest BCUT2D eigenvalue weighted by molar-refractivity contribution is 0.0197. The van der Waals surface area contributed by atoms with Crippen LogP contribution in [0.1, 0.15) is 45.2 Å². The molecule has 1 unspecified atom stereocenters. The number of ether oxygens (including phenoxy) is 1. The summed E-state index contributed by atoms with van der Waals surface area (Å²) in [5.41, 5.74) is 0.381. The first kappa shape index (κ1) is 19.3. The van der Waals surface area contributed by atoms with Crippen molar-refractivity contribution < 1.29 is 13.9 Å². The summed E-state index contributed by atoms with van der Waals surface area (Å²) in [6, 6.07) is 1.67. The number of carbonyl (C=O) groups is 1. The van der Waals surface area contributed by atoms with Gasteiger partial charge in [-0.15, -0.1) is 0 Å². The molecule has 0 N–H and O–H groups in total. The highest BCUT2D eigenvalue weighted by atomic mass is 79.9. The Balaban J connectivity index is 1.93. The number of hydrogen-bond acceptors (Lipinski definition) is 4. The molecule has 0 bridgehead atoms. The third kappa shape index (κ3) is 3.93. The van der Waals surface area contributed by atoms with Gasteiger partial charge in [0.2, 0.25) is 0 Å². The van der Waals surface area contributed by atoms with Gasteiger partial charge in [0.15, 0.2) is 5.82 Å². The van der Waals surface area contributed by atoms with Crippen LogP contribution in [0.2, 0.25) is 5.02 Å². The molecular formula is C18H20BrClFN3O2. The van der Waals surface area contributed by atoms with E-state index in [1.54, 1.807) is 11.0 Å². The van der Waals surface area contributed by atoms with Crippen molar-refractivity contribution in [2.24, 2.45) is 0 Å². The molecule has 140 valence electrons. The van der Waals surface area contributed by atoms with Crippen LogP contribution in [-0.2, 0) is 4.74 Å². The van der Waals surface area contributed by atoms with Crippen molar-refractivity contribution >= 4 is 44.5 Å². The predicted molar refractivity (Wildman–Crippen MR) is 102 cm³/mol. The van der Waals surface area contributed by atoms with Crippen LogP contribution < -0.4 is 0 Å². The molecule has 3 rings (SSSR count). The van der Waals surface area contributed by atoms with E-state index in [0.717, 1.165) is 12.8 Å². The van der Waals surface area contributed by atoms with Crippen LogP contribution >= 0.6 is 27.5 Å². The van der Waals surface area contributed by atoms with Gasteiger partial charge in [0, 0.05) is 24.4 Å². The van der Waals surface area contributed by atoms with Gasteiger partial charge in [-0.3, -0.25) is 0 Å². The highest BCUT2D eigenvalue weighted by Crippen LogP contribution is 2.36. The number of carbonyl (C=O) groups excluding carboxylic acids is 1. The summed E-state index contributed by atoms with van der Waals surface area (Å²) < 4.78 is 20.2. The molecule has 1 aliphatic rings. The fourth-order valence-electron chi connectivity index (χ4n) is 3.14. The molecule has 2 aromatic rings. The molecular weight excluding hydrogens is 425 g/mol. The average Bonchev–Trinajstić information content (AvgIpc) is 2.58. The fourth-order valence-corrected chi connectivity index (χ4v) is 3.64. The van der Waals surface area contributed by atoms with Crippen LogP contribution in [0.5, 0.6) is 0 Å². The number of amides is 1. The molecule has 0 spiro atoms. The number of piperidine rings is 1. The van der Waals surface area contributed by atoms with E-state index in [-0.39, 0.29) is 27.0 Å². The second-order valence-electron chi connectivity index (χ2n) is 7.41. The van der Waals surface area contributed by atoms with Gasteiger partial charge in [0.25, 0.3) is 0 Å². The molecule has 5 nitrogen and oxygen atoms in total. The minimum Gasteiger partial charge on any atom is -0.444 e. The normalized spacial score (nSPS) is 18.2. The Kier molecular flexibility index (Phi) is 5.40. The largest absolute Gasteiger partial charge is 0.444 e. The minimum atomic E-state index is -0.547. The van der Waals surface area contributed by atoms with Gasteiger partial charge >= 0.3 is 6.09 Å². The molecule has 1 fully saturated rings. The van der Waals surface area contributed by atoms with Crippen molar-refractivity contribution in [3.63, 3.8) is 0 Å². The van der Waals surface area contributed by atoms with Crippen LogP contribution in [0, 0.1) is 5.82 Å². The lowest BCUT2D eigenvalue weighted by atomic mass is 9.92. The van der Waals surface area contributed by atoms with E-state index in [2.05, 4.69) is 25.9 Å². The Hall–Kier alpha value is -1.47. The van der Waals surface area contributed by atoms with Crippen molar-refractivity contribution in [3.8, 4) is 0 Å². The molecule has 0 saturated carbocycles. The van der Waals surface area contributed by atoms with Crippen molar-refractivity contribution in [1.29, 1.82) is 0 Å². The third-order valence-electron chi connectivity index (χ3n) is 4.26. The molecule has 2 heterocycles. The van der Waals surface area contributed by atoms with E-state index in [1.807, 2.05) is 20.8 Å². The summed E-state index contributed by atoms with van der Waals surface area (Å²) >= 11 is 9.27. The summed E-state index contributed by atoms with van der Waals surface area (Å²) in [7, 11) is 0. The summed E-state index contributed by atoms with van der Waals surface area (Å²) in [6.45, 7) is 6.62. The number of likely N-dealkylation sites (tertiary alicyclic amines) is 1. The summed E-state index contributed by atoms with van der Waals surface area (Å²) in [5.74, 6) is -0.533. The maximum Gasteiger partial charge on any atom is 0.410 e. The van der Waals surface area contributed by atoms with Gasteiger partial charge in [-0.1, -0.05) is 11.6 Å². The minimum absolute atomic E-state index is 0.0292. The van der Waals surface area contributed by atoms with Crippen molar-refractivity contribution in [2.45, 2.75) is 45.1 Å². The van der Waals surface area contributed by atoms with Crippen molar-refractivity contribution in [2.75, 3.05) is 13.1 Å². The maximum absolute atomic E-state index is 14.5. The van der Waals surface area contributed by atoms with E-state index in [0.29, 0.717) is 24.2 Å². The van der Waals surface area contributed by atoms with E-state index in [9.17, 15) is 9.18 Å². The first-order valence-electron chi connectivity index (χ1n) is 8.43. The molecule has 8 heteroatoms. The Morgan fingerprint density at radius 2 is 2.15 bits per heavy atom. The molecule has 1 atom stereocenters. The number of halogens is 3. The lowest BCUT2D eigenvalue weighted by Crippen LogP contribution is -2.42. The Morgan fingerprint density at radius 3 is 2.85 bits per heavy atom. The first-order valence-corrected chi connectivity index (χ1v) is 9.60. The van der Waals surface area contributed by atoms with Gasteiger partial charge < -0.3 is 9.64 Å². The van der Waals surface area contributed by atoms with Crippen molar-refractivity contribution in [3.05, 3.63) is 33.4 Å². The number of benzene rings is 1. The molecule has 1 aliphatic heterocycles. The number of aromatic nitrogens is 2. The average molecular weight is 445 g/mol. The van der Waals surface area contributed by atoms with Gasteiger partial charge in [-0.2, -0.15) is 0 Å². The third-order valence-corrected chi connectivity index (χ3v) is 5.56. The SMILES string of the molecule is CC(C)(C)OC(=O)N1CCCC(c2ncnc3c(F)c(Br)c(Cl)cc23)C1. The number of rotatable bonds is 1. The highest BCUT2D eigenvalue weighted by molar-refractivity contribution is 9.10. The molecule has 0 radical (unpaired) electrons. The van der Waals surface area contributed by atoms with Crippen LogP contribution in [0.15, 0.2) is 16.9 Å². The van der Waals surface area contributed by atoms with Crippen LogP contribution in [0.25, 0.3) is 10.9 Å². The Labute approximate surface area is 165 Å². The van der Waals surface area contributed by atoms with Crippen molar-refractivity contribution in [1.82, 2.24) is 14.9 Å². The number of hydrogen-bond donors (Lipinski definition) is 0. The second kappa shape index (κ2) is 7.27. The van der Waals surface area contributed by atoms with E-state index in [1.165, 1.54) is 6.33 Å². The van der Waals surface area contributed by atoms with Gasteiger partial charge in [-0.25, -0.2) is 19.2 Å². The van der Waals surface area contributed by atoms with Crippen LogP contribution in [-0.4, -0.2) is 39.7 Å². The Bertz CT molecular complexity index is 856. The quantitative estimate of drug-likeness (QED) is 0.560. The predicted octanol–water partition coefficient (Wildman–Crippen LogP) is 5.30. The number of nitrogens with zero attached hydrogens (tertiary/aromatic N) is 3. The molecule has 26 heavy (non-hydrogen) atoms. The van der Waals surface area contributed by atoms with E-state index < -0.39 is 11.4 Å². The molecule has 0 aliphatic carbocycles. The molecule has 1 aromatic heterocycles. The zero-order valence-electron chi connectivity index (χ0n) is 14.9.